The molecule has 12 aromatic heterocycles. The molecule has 0 radical (unpaired) electrons. The second-order valence-corrected chi connectivity index (χ2v) is 29.8. The highest BCUT2D eigenvalue weighted by atomic mass is 19.1. The first-order valence-electron chi connectivity index (χ1n) is 38.3. The topological polar surface area (TPSA) is 120 Å². The van der Waals surface area contributed by atoms with Gasteiger partial charge in [0, 0.05) is 113 Å². The van der Waals surface area contributed by atoms with Gasteiger partial charge in [-0.15, -0.1) is 0 Å². The maximum Gasteiger partial charge on any atom is 0.227 e. The van der Waals surface area contributed by atoms with Crippen LogP contribution in [0.15, 0.2) is 285 Å². The molecule has 0 bridgehead atoms. The lowest BCUT2D eigenvalue weighted by Crippen LogP contribution is -2.31. The minimum absolute atomic E-state index is 0.225. The predicted molar refractivity (Wildman–Crippen MR) is 452 cm³/mol. The van der Waals surface area contributed by atoms with E-state index in [4.69, 9.17) is 17.7 Å². The van der Waals surface area contributed by atoms with Gasteiger partial charge >= 0.3 is 0 Å². The van der Waals surface area contributed by atoms with Gasteiger partial charge in [0.05, 0.1) is 27.8 Å². The Morgan fingerprint density at radius 1 is 0.259 bits per heavy atom. The molecule has 12 heterocycles. The highest BCUT2D eigenvalue weighted by Gasteiger charge is 2.29. The first-order chi connectivity index (χ1) is 56.1. The number of benzene rings is 8. The number of hydrogen-bond acceptors (Lipinski definition) is 8. The van der Waals surface area contributed by atoms with Crippen LogP contribution in [0.5, 0.6) is 0 Å². The van der Waals surface area contributed by atoms with Crippen LogP contribution < -0.4 is 18.3 Å². The molecule has 0 aliphatic heterocycles. The Kier molecular flexibility index (Phi) is 19.6. The van der Waals surface area contributed by atoms with Gasteiger partial charge in [0.1, 0.15) is 51.5 Å². The van der Waals surface area contributed by atoms with E-state index in [1.807, 2.05) is 146 Å². The van der Waals surface area contributed by atoms with Crippen molar-refractivity contribution in [1.82, 2.24) is 19.9 Å². The minimum Gasteiger partial charge on any atom is -0.437 e. The first-order valence-corrected chi connectivity index (χ1v) is 38.3. The van der Waals surface area contributed by atoms with Crippen molar-refractivity contribution in [3.8, 4) is 89.5 Å². The van der Waals surface area contributed by atoms with Gasteiger partial charge in [0.2, 0.25) is 45.6 Å². The fourth-order valence-electron chi connectivity index (χ4n) is 15.7. The summed E-state index contributed by atoms with van der Waals surface area (Å²) in [5, 5.41) is 8.28. The summed E-state index contributed by atoms with van der Waals surface area (Å²) in [4.78, 5) is 18.2. The molecule has 0 aliphatic carbocycles. The fraction of sp³-hybridized carbons (Fsp3) is 0.120. The summed E-state index contributed by atoms with van der Waals surface area (Å²) in [5.41, 5.74) is 29.8. The number of pyridine rings is 8. The Morgan fingerprint density at radius 3 is 1.03 bits per heavy atom. The van der Waals surface area contributed by atoms with Gasteiger partial charge in [-0.3, -0.25) is 0 Å². The van der Waals surface area contributed by atoms with Crippen LogP contribution in [0.4, 0.5) is 17.6 Å². The third-order valence-electron chi connectivity index (χ3n) is 21.7. The zero-order valence-electron chi connectivity index (χ0n) is 66.1. The van der Waals surface area contributed by atoms with Gasteiger partial charge < -0.3 is 17.7 Å². The number of nitrogens with zero attached hydrogens (tertiary/aromatic N) is 8. The van der Waals surface area contributed by atoms with Crippen molar-refractivity contribution in [3.05, 3.63) is 336 Å². The van der Waals surface area contributed by atoms with Crippen LogP contribution in [0.2, 0.25) is 0 Å². The van der Waals surface area contributed by atoms with E-state index in [0.717, 1.165) is 194 Å². The number of hydrogen-bond donors (Lipinski definition) is 0. The molecule has 20 aromatic rings. The van der Waals surface area contributed by atoms with Gasteiger partial charge in [0.25, 0.3) is 0 Å². The highest BCUT2D eigenvalue weighted by Crippen LogP contribution is 2.43. The van der Waals surface area contributed by atoms with Crippen LogP contribution in [-0.4, -0.2) is 19.9 Å². The Labute approximate surface area is 666 Å². The molecule has 0 unspecified atom stereocenters. The van der Waals surface area contributed by atoms with Crippen LogP contribution in [-0.2, 0) is 28.2 Å². The summed E-state index contributed by atoms with van der Waals surface area (Å²) in [6.45, 7) is 16.2. The van der Waals surface area contributed by atoms with Crippen LogP contribution in [0, 0.1) is 78.7 Å². The lowest BCUT2D eigenvalue weighted by molar-refractivity contribution is -0.660. The molecule has 0 fully saturated rings. The van der Waals surface area contributed by atoms with Gasteiger partial charge in [0.15, 0.2) is 47.1 Å². The molecule has 116 heavy (non-hydrogen) atoms. The van der Waals surface area contributed by atoms with Crippen LogP contribution >= 0.6 is 0 Å². The molecule has 0 saturated heterocycles. The van der Waals surface area contributed by atoms with Gasteiger partial charge in [-0.1, -0.05) is 103 Å². The van der Waals surface area contributed by atoms with Crippen molar-refractivity contribution < 1.29 is 53.5 Å². The first kappa shape index (κ1) is 74.6. The Balaban J connectivity index is 0.000000111. The molecule has 16 heteroatoms. The molecule has 0 atom stereocenters. The number of aromatic nitrogens is 8. The molecular formula is C100H80F4N8O4+4. The quantitative estimate of drug-likeness (QED) is 0.109. The highest BCUT2D eigenvalue weighted by molar-refractivity contribution is 6.12. The minimum atomic E-state index is -0.243. The van der Waals surface area contributed by atoms with Crippen LogP contribution in [0.3, 0.4) is 0 Å². The summed E-state index contributed by atoms with van der Waals surface area (Å²) < 4.78 is 87.6. The zero-order valence-corrected chi connectivity index (χ0v) is 66.1. The summed E-state index contributed by atoms with van der Waals surface area (Å²) in [5.74, 6) is -0.934. The van der Waals surface area contributed by atoms with Crippen molar-refractivity contribution in [2.75, 3.05) is 0 Å². The smallest absolute Gasteiger partial charge is 0.227 e. The number of fused-ring (bicyclic) bond motifs is 12. The standard InChI is InChI=1S/4C25H20FN2O/c1-15-4-11-20-21-12-5-16(2)27-25(21)29-24(20)23(15)22-13-8-18(14-28(22)3)17-6-9-19(26)10-7-17;1-15-4-10-20-21-11-5-16(2)27-25(21)29-24(20)23(15)22-14-18(12-13-28(22)3)17-6-8-19(26)9-7-17;1-15-6-12-20-21-13-7-16(2)27-25(21)29-24(20)22(15)23-19(5-4-14-28(23)3)17-8-10-18(26)11-9-17;1-15-8-11-19-20-12-9-16(2)27-25(20)29-24(19)23(15)22-13-10-17(14-28(22)3)18-6-4-5-7-21(18)26/h4*4-14H,1-3H3/q4*+1. The fourth-order valence-corrected chi connectivity index (χ4v) is 15.7. The van der Waals surface area contributed by atoms with E-state index in [9.17, 15) is 17.6 Å². The Bertz CT molecular complexity index is 7290. The van der Waals surface area contributed by atoms with Gasteiger partial charge in [-0.2, -0.15) is 0 Å². The molecule has 568 valence electrons. The summed E-state index contributed by atoms with van der Waals surface area (Å²) in [7, 11) is 8.04. The summed E-state index contributed by atoms with van der Waals surface area (Å²) in [6.07, 6.45) is 8.06. The molecule has 20 rings (SSSR count). The number of furan rings is 4. The van der Waals surface area contributed by atoms with E-state index in [2.05, 4.69) is 165 Å². The van der Waals surface area contributed by atoms with E-state index >= 15 is 0 Å². The molecule has 12 nitrogen and oxygen atoms in total. The lowest BCUT2D eigenvalue weighted by atomic mass is 9.94. The monoisotopic (exact) mass is 1530 g/mol. The molecule has 0 aliphatic rings. The average Bonchev–Trinajstić information content (AvgIpc) is 1.57. The average molecular weight is 1530 g/mol. The summed E-state index contributed by atoms with van der Waals surface area (Å²) >= 11 is 0. The van der Waals surface area contributed by atoms with Crippen molar-refractivity contribution in [2.24, 2.45) is 28.2 Å². The van der Waals surface area contributed by atoms with Crippen molar-refractivity contribution >= 4 is 88.3 Å². The van der Waals surface area contributed by atoms with Crippen molar-refractivity contribution in [2.45, 2.75) is 55.4 Å². The summed E-state index contributed by atoms with van der Waals surface area (Å²) in [6, 6.07) is 76.1. The van der Waals surface area contributed by atoms with Crippen molar-refractivity contribution in [1.29, 1.82) is 0 Å². The molecule has 0 spiro atoms. The molecular weight excluding hydrogens is 1450 g/mol. The predicted octanol–water partition coefficient (Wildman–Crippen LogP) is 23.6. The molecule has 8 aromatic carbocycles. The number of aryl methyl sites for hydroxylation is 12. The number of rotatable bonds is 8. The van der Waals surface area contributed by atoms with E-state index in [-0.39, 0.29) is 23.3 Å². The third-order valence-corrected chi connectivity index (χ3v) is 21.7. The molecule has 0 saturated carbocycles. The zero-order chi connectivity index (χ0) is 80.5. The third kappa shape index (κ3) is 14.0. The normalized spacial score (nSPS) is 11.4. The maximum absolute atomic E-state index is 14.2. The molecule has 0 N–H and O–H groups in total. The molecule has 0 amide bonds. The van der Waals surface area contributed by atoms with Crippen LogP contribution in [0.1, 0.15) is 45.0 Å². The maximum atomic E-state index is 14.2. The second kappa shape index (κ2) is 30.4. The Morgan fingerprint density at radius 2 is 0.603 bits per heavy atom. The number of halogens is 4. The lowest BCUT2D eigenvalue weighted by Gasteiger charge is -2.10. The SMILES string of the molecule is Cc1ccc2c(n1)oc1c(-c3c(-c4ccc(F)cc4)ccc[n+]3C)c(C)ccc12.Cc1ccc2c(n1)oc1c(-c3cc(-c4ccc(F)cc4)cc[n+]3C)c(C)ccc12.Cc1ccc2c(n1)oc1c(-c3ccc(-c4ccc(F)cc4)c[n+]3C)c(C)ccc12.Cc1ccc2c(n1)oc1c(-c3ccc(-c4ccccc4F)c[n+]3C)c(C)ccc12. The van der Waals surface area contributed by atoms with Gasteiger partial charge in [-0.05, 0) is 209 Å². The van der Waals surface area contributed by atoms with E-state index < -0.39 is 0 Å². The van der Waals surface area contributed by atoms with E-state index in [1.54, 1.807) is 36.4 Å². The second-order valence-electron chi connectivity index (χ2n) is 29.8. The Hall–Kier alpha value is -14.1. The van der Waals surface area contributed by atoms with E-state index in [1.165, 1.54) is 42.5 Å². The van der Waals surface area contributed by atoms with E-state index in [0.29, 0.717) is 28.4 Å². The largest absolute Gasteiger partial charge is 0.437 e. The van der Waals surface area contributed by atoms with Gasteiger partial charge in [-0.25, -0.2) is 55.8 Å². The van der Waals surface area contributed by atoms with Crippen LogP contribution in [0.25, 0.3) is 178 Å². The van der Waals surface area contributed by atoms with Crippen molar-refractivity contribution in [3.63, 3.8) is 0 Å².